The highest BCUT2D eigenvalue weighted by Gasteiger charge is 2.45. The number of hydrogen-bond acceptors (Lipinski definition) is 5. The number of carbonyl (C=O) groups is 1. The summed E-state index contributed by atoms with van der Waals surface area (Å²) in [6, 6.07) is 8.84. The number of carbonyl (C=O) groups excluding carboxylic acids is 1. The van der Waals surface area contributed by atoms with E-state index in [0.717, 1.165) is 15.6 Å². The number of aromatic nitrogens is 5. The van der Waals surface area contributed by atoms with Gasteiger partial charge in [-0.2, -0.15) is 4.80 Å². The van der Waals surface area contributed by atoms with Crippen molar-refractivity contribution in [2.75, 3.05) is 5.32 Å². The van der Waals surface area contributed by atoms with Crippen LogP contribution in [-0.4, -0.2) is 37.0 Å². The Kier molecular flexibility index (Phi) is 5.83. The Hall–Kier alpha value is -2.75. The van der Waals surface area contributed by atoms with Crippen LogP contribution in [-0.2, 0) is 11.8 Å². The van der Waals surface area contributed by atoms with Gasteiger partial charge >= 0.3 is 0 Å². The van der Waals surface area contributed by atoms with Crippen molar-refractivity contribution in [2.45, 2.75) is 38.0 Å². The zero-order chi connectivity index (χ0) is 22.2. The molecule has 162 valence electrons. The molecule has 0 radical (unpaired) electrons. The highest BCUT2D eigenvalue weighted by molar-refractivity contribution is 9.10. The summed E-state index contributed by atoms with van der Waals surface area (Å²) in [6.45, 7) is 1.88. The normalized spacial score (nSPS) is 18.7. The van der Waals surface area contributed by atoms with Crippen molar-refractivity contribution in [3.05, 3.63) is 52.1 Å². The van der Waals surface area contributed by atoms with E-state index >= 15 is 0 Å². The third-order valence-electron chi connectivity index (χ3n) is 5.53. The number of tetrazole rings is 1. The smallest absolute Gasteiger partial charge is 0.248 e. The first kappa shape index (κ1) is 21.5. The van der Waals surface area contributed by atoms with Gasteiger partial charge in [0, 0.05) is 29.1 Å². The molecule has 2 atom stereocenters. The predicted octanol–water partition coefficient (Wildman–Crippen LogP) is 4.50. The fourth-order valence-electron chi connectivity index (χ4n) is 3.96. The van der Waals surface area contributed by atoms with Gasteiger partial charge in [-0.25, -0.2) is 13.8 Å². The molecule has 0 saturated heterocycles. The summed E-state index contributed by atoms with van der Waals surface area (Å²) in [7, 11) is 1.67. The minimum absolute atomic E-state index is 0.210. The Morgan fingerprint density at radius 3 is 2.65 bits per heavy atom. The number of benzene rings is 1. The summed E-state index contributed by atoms with van der Waals surface area (Å²) < 4.78 is 28.8. The summed E-state index contributed by atoms with van der Waals surface area (Å²) in [6.07, 6.45) is 1.36. The molecule has 2 heterocycles. The number of rotatable bonds is 5. The van der Waals surface area contributed by atoms with E-state index in [-0.39, 0.29) is 25.2 Å². The second kappa shape index (κ2) is 8.41. The molecule has 1 saturated carbocycles. The molecule has 0 bridgehead atoms. The van der Waals surface area contributed by atoms with Gasteiger partial charge < -0.3 is 5.32 Å². The number of anilines is 1. The van der Waals surface area contributed by atoms with Crippen LogP contribution >= 0.6 is 15.9 Å². The fraction of sp³-hybridized carbons (Fsp3) is 0.381. The summed E-state index contributed by atoms with van der Waals surface area (Å²) in [5.41, 5.74) is 2.31. The first-order chi connectivity index (χ1) is 14.7. The van der Waals surface area contributed by atoms with E-state index in [1.165, 1.54) is 4.80 Å². The molecule has 1 aliphatic rings. The van der Waals surface area contributed by atoms with Gasteiger partial charge in [-0.3, -0.25) is 4.79 Å². The summed E-state index contributed by atoms with van der Waals surface area (Å²) in [4.78, 5) is 18.8. The van der Waals surface area contributed by atoms with Crippen LogP contribution in [0.1, 0.15) is 36.3 Å². The Labute approximate surface area is 186 Å². The lowest BCUT2D eigenvalue weighted by Crippen LogP contribution is -2.28. The molecule has 0 spiro atoms. The van der Waals surface area contributed by atoms with Crippen LogP contribution in [0.2, 0.25) is 0 Å². The van der Waals surface area contributed by atoms with Gasteiger partial charge in [0.05, 0.1) is 13.0 Å². The van der Waals surface area contributed by atoms with Crippen LogP contribution in [0.25, 0.3) is 11.4 Å². The first-order valence-electron chi connectivity index (χ1n) is 9.87. The van der Waals surface area contributed by atoms with Gasteiger partial charge in [0.2, 0.25) is 17.7 Å². The van der Waals surface area contributed by atoms with E-state index in [0.29, 0.717) is 17.2 Å². The van der Waals surface area contributed by atoms with Gasteiger partial charge in [-0.15, -0.1) is 10.2 Å². The van der Waals surface area contributed by atoms with E-state index in [1.54, 1.807) is 43.6 Å². The lowest BCUT2D eigenvalue weighted by Gasteiger charge is -2.23. The van der Waals surface area contributed by atoms with Crippen molar-refractivity contribution >= 4 is 27.7 Å². The third-order valence-corrected chi connectivity index (χ3v) is 6.36. The second-order valence-corrected chi connectivity index (χ2v) is 8.72. The number of amides is 1. The number of alkyl halides is 2. The molecular formula is C21H21BrF2N6O. The molecule has 2 aromatic heterocycles. The minimum Gasteiger partial charge on any atom is -0.310 e. The molecule has 1 aromatic carbocycles. The molecular weight excluding hydrogens is 470 g/mol. The summed E-state index contributed by atoms with van der Waals surface area (Å²) >= 11 is 3.38. The molecule has 1 fully saturated rings. The van der Waals surface area contributed by atoms with E-state index in [1.807, 2.05) is 6.92 Å². The lowest BCUT2D eigenvalue weighted by atomic mass is 9.83. The SMILES string of the molecule is Cc1cc(NC(=O)[C@H](c2ccc(-c3nnn(C)n3)cc2)[C@H]2CCC(F)(F)C2)ncc1Br. The van der Waals surface area contributed by atoms with E-state index in [2.05, 4.69) is 41.6 Å². The van der Waals surface area contributed by atoms with Crippen LogP contribution in [0.5, 0.6) is 0 Å². The molecule has 31 heavy (non-hydrogen) atoms. The van der Waals surface area contributed by atoms with Crippen LogP contribution in [0.3, 0.4) is 0 Å². The van der Waals surface area contributed by atoms with Crippen molar-refractivity contribution in [3.63, 3.8) is 0 Å². The Morgan fingerprint density at radius 2 is 2.06 bits per heavy atom. The van der Waals surface area contributed by atoms with E-state index < -0.39 is 17.8 Å². The summed E-state index contributed by atoms with van der Waals surface area (Å²) in [5.74, 6) is -3.44. The van der Waals surface area contributed by atoms with Crippen LogP contribution in [0, 0.1) is 12.8 Å². The highest BCUT2D eigenvalue weighted by Crippen LogP contribution is 2.46. The second-order valence-electron chi connectivity index (χ2n) is 7.87. The molecule has 1 N–H and O–H groups in total. The topological polar surface area (TPSA) is 85.6 Å². The predicted molar refractivity (Wildman–Crippen MR) is 115 cm³/mol. The number of halogens is 3. The van der Waals surface area contributed by atoms with Crippen molar-refractivity contribution in [1.82, 2.24) is 25.2 Å². The number of nitrogens with zero attached hydrogens (tertiary/aromatic N) is 5. The fourth-order valence-corrected chi connectivity index (χ4v) is 4.17. The minimum atomic E-state index is -2.75. The Balaban J connectivity index is 1.62. The lowest BCUT2D eigenvalue weighted by molar-refractivity contribution is -0.118. The maximum atomic E-state index is 14.0. The average Bonchev–Trinajstić information content (AvgIpc) is 3.31. The molecule has 1 amide bonds. The van der Waals surface area contributed by atoms with Gasteiger partial charge in [-0.05, 0) is 57.6 Å². The quantitative estimate of drug-likeness (QED) is 0.568. The van der Waals surface area contributed by atoms with Crippen molar-refractivity contribution in [2.24, 2.45) is 13.0 Å². The van der Waals surface area contributed by atoms with Gasteiger partial charge in [0.15, 0.2) is 0 Å². The van der Waals surface area contributed by atoms with E-state index in [4.69, 9.17) is 0 Å². The number of nitrogens with one attached hydrogen (secondary N) is 1. The molecule has 7 nitrogen and oxygen atoms in total. The molecule has 1 aliphatic carbocycles. The Morgan fingerprint density at radius 1 is 1.32 bits per heavy atom. The van der Waals surface area contributed by atoms with Crippen LogP contribution in [0.15, 0.2) is 41.0 Å². The van der Waals surface area contributed by atoms with Crippen LogP contribution < -0.4 is 5.32 Å². The molecule has 4 rings (SSSR count). The number of aryl methyl sites for hydroxylation is 2. The molecule has 0 aliphatic heterocycles. The largest absolute Gasteiger partial charge is 0.310 e. The molecule has 10 heteroatoms. The van der Waals surface area contributed by atoms with E-state index in [9.17, 15) is 13.6 Å². The first-order valence-corrected chi connectivity index (χ1v) is 10.7. The third kappa shape index (κ3) is 4.79. The monoisotopic (exact) mass is 490 g/mol. The Bertz CT molecular complexity index is 1100. The van der Waals surface area contributed by atoms with Crippen molar-refractivity contribution < 1.29 is 13.6 Å². The van der Waals surface area contributed by atoms with Gasteiger partial charge in [0.1, 0.15) is 5.82 Å². The number of hydrogen-bond donors (Lipinski definition) is 1. The van der Waals surface area contributed by atoms with Crippen molar-refractivity contribution in [1.29, 1.82) is 0 Å². The molecule has 3 aromatic rings. The maximum Gasteiger partial charge on any atom is 0.248 e. The number of pyridine rings is 1. The van der Waals surface area contributed by atoms with Crippen molar-refractivity contribution in [3.8, 4) is 11.4 Å². The highest BCUT2D eigenvalue weighted by atomic mass is 79.9. The summed E-state index contributed by atoms with van der Waals surface area (Å²) in [5, 5.41) is 14.8. The average molecular weight is 491 g/mol. The zero-order valence-corrected chi connectivity index (χ0v) is 18.6. The van der Waals surface area contributed by atoms with Crippen LogP contribution in [0.4, 0.5) is 14.6 Å². The van der Waals surface area contributed by atoms with Gasteiger partial charge in [-0.1, -0.05) is 24.3 Å². The maximum absolute atomic E-state index is 14.0. The zero-order valence-electron chi connectivity index (χ0n) is 17.0. The standard InChI is InChI=1S/C21H21BrF2N6O/c1-12-9-17(25-11-16(12)22)26-20(31)18(15-7-8-21(23,24)10-15)13-3-5-14(6-4-13)19-27-29-30(2)28-19/h3-6,9,11,15,18H,7-8,10H2,1-2H3,(H,25,26,31)/t15-,18+/m0/s1. The van der Waals surface area contributed by atoms with Gasteiger partial charge in [0.25, 0.3) is 0 Å². The molecule has 0 unspecified atom stereocenters.